The Hall–Kier alpha value is -0.610. The van der Waals surface area contributed by atoms with Crippen molar-refractivity contribution in [2.75, 3.05) is 18.0 Å². The van der Waals surface area contributed by atoms with Crippen molar-refractivity contribution >= 4 is 16.5 Å². The number of aromatic nitrogens is 1. The van der Waals surface area contributed by atoms with Gasteiger partial charge in [0.1, 0.15) is 0 Å². The molecule has 1 heterocycles. The zero-order valence-corrected chi connectivity index (χ0v) is 13.8. The summed E-state index contributed by atoms with van der Waals surface area (Å²) in [5.74, 6) is 1.46. The molecule has 110 valence electrons. The molecule has 0 radical (unpaired) electrons. The van der Waals surface area contributed by atoms with Crippen molar-refractivity contribution in [3.63, 3.8) is 0 Å². The van der Waals surface area contributed by atoms with Gasteiger partial charge in [-0.3, -0.25) is 0 Å². The van der Waals surface area contributed by atoms with Crippen molar-refractivity contribution in [1.29, 1.82) is 0 Å². The van der Waals surface area contributed by atoms with Gasteiger partial charge in [0.25, 0.3) is 0 Å². The molecule has 0 saturated heterocycles. The third kappa shape index (κ3) is 5.91. The number of anilines is 1. The summed E-state index contributed by atoms with van der Waals surface area (Å²) in [6.07, 6.45) is 4.36. The van der Waals surface area contributed by atoms with Crippen LogP contribution in [-0.4, -0.2) is 18.1 Å². The zero-order valence-electron chi connectivity index (χ0n) is 13.0. The number of hydrogen-bond donors (Lipinski definition) is 1. The van der Waals surface area contributed by atoms with E-state index in [1.807, 2.05) is 13.1 Å². The fourth-order valence-electron chi connectivity index (χ4n) is 1.76. The number of thiazole rings is 1. The SMILES string of the molecule is CC(C)CCN(CCC(C)C)c1ncc(C(C)N)s1. The molecule has 0 amide bonds. The standard InChI is InChI=1S/C15H29N3S/c1-11(2)6-8-18(9-7-12(3)4)15-17-10-14(19-15)13(5)16/h10-13H,6-9,16H2,1-5H3. The van der Waals surface area contributed by atoms with Gasteiger partial charge in [-0.1, -0.05) is 27.7 Å². The Kier molecular flexibility index (Phi) is 6.80. The number of nitrogens with two attached hydrogens (primary N) is 1. The second-order valence-corrected chi connectivity index (χ2v) is 7.23. The Balaban J connectivity index is 2.69. The van der Waals surface area contributed by atoms with E-state index < -0.39 is 0 Å². The third-order valence-corrected chi connectivity index (χ3v) is 4.44. The van der Waals surface area contributed by atoms with E-state index in [4.69, 9.17) is 5.73 Å². The van der Waals surface area contributed by atoms with Gasteiger partial charge >= 0.3 is 0 Å². The van der Waals surface area contributed by atoms with Crippen LogP contribution in [0.25, 0.3) is 0 Å². The van der Waals surface area contributed by atoms with Gasteiger partial charge in [-0.2, -0.15) is 0 Å². The molecule has 4 heteroatoms. The van der Waals surface area contributed by atoms with Crippen LogP contribution < -0.4 is 10.6 Å². The lowest BCUT2D eigenvalue weighted by Gasteiger charge is -2.23. The Bertz CT molecular complexity index is 346. The Morgan fingerprint density at radius 3 is 2.00 bits per heavy atom. The summed E-state index contributed by atoms with van der Waals surface area (Å²) in [4.78, 5) is 8.16. The van der Waals surface area contributed by atoms with Gasteiger partial charge in [-0.25, -0.2) is 4.98 Å². The van der Waals surface area contributed by atoms with Crippen LogP contribution >= 0.6 is 11.3 Å². The normalized spacial score (nSPS) is 13.3. The van der Waals surface area contributed by atoms with E-state index >= 15 is 0 Å². The molecule has 0 saturated carbocycles. The molecule has 0 aliphatic heterocycles. The monoisotopic (exact) mass is 283 g/mol. The molecule has 0 bridgehead atoms. The molecule has 1 aromatic heterocycles. The highest BCUT2D eigenvalue weighted by Gasteiger charge is 2.13. The minimum Gasteiger partial charge on any atom is -0.348 e. The summed E-state index contributed by atoms with van der Waals surface area (Å²) >= 11 is 1.74. The quantitative estimate of drug-likeness (QED) is 0.782. The first-order valence-corrected chi connectivity index (χ1v) is 8.18. The largest absolute Gasteiger partial charge is 0.348 e. The summed E-state index contributed by atoms with van der Waals surface area (Å²) < 4.78 is 0. The van der Waals surface area contributed by atoms with Crippen molar-refractivity contribution in [3.8, 4) is 0 Å². The van der Waals surface area contributed by atoms with Crippen LogP contribution in [0.3, 0.4) is 0 Å². The highest BCUT2D eigenvalue weighted by molar-refractivity contribution is 7.15. The van der Waals surface area contributed by atoms with Crippen LogP contribution in [0.1, 0.15) is 58.4 Å². The maximum Gasteiger partial charge on any atom is 0.185 e. The Labute approximate surface area is 122 Å². The molecule has 1 atom stereocenters. The van der Waals surface area contributed by atoms with Gasteiger partial charge in [0.2, 0.25) is 0 Å². The molecular weight excluding hydrogens is 254 g/mol. The molecule has 1 unspecified atom stereocenters. The van der Waals surface area contributed by atoms with Gasteiger partial charge in [-0.05, 0) is 31.6 Å². The average molecular weight is 283 g/mol. The Morgan fingerprint density at radius 1 is 1.11 bits per heavy atom. The van der Waals surface area contributed by atoms with E-state index in [0.29, 0.717) is 0 Å². The van der Waals surface area contributed by atoms with E-state index in [0.717, 1.165) is 30.1 Å². The van der Waals surface area contributed by atoms with Gasteiger partial charge in [0.15, 0.2) is 5.13 Å². The molecule has 0 aliphatic carbocycles. The minimum absolute atomic E-state index is 0.0864. The molecule has 2 N–H and O–H groups in total. The topological polar surface area (TPSA) is 42.2 Å². The maximum atomic E-state index is 5.92. The number of rotatable bonds is 8. The van der Waals surface area contributed by atoms with Crippen molar-refractivity contribution in [1.82, 2.24) is 4.98 Å². The van der Waals surface area contributed by atoms with E-state index in [2.05, 4.69) is 37.6 Å². The summed E-state index contributed by atoms with van der Waals surface area (Å²) in [6.45, 7) is 13.3. The highest BCUT2D eigenvalue weighted by Crippen LogP contribution is 2.27. The minimum atomic E-state index is 0.0864. The molecule has 0 aromatic carbocycles. The molecular formula is C15H29N3S. The lowest BCUT2D eigenvalue weighted by Crippen LogP contribution is -2.27. The van der Waals surface area contributed by atoms with Crippen LogP contribution in [0.4, 0.5) is 5.13 Å². The van der Waals surface area contributed by atoms with E-state index in [1.54, 1.807) is 11.3 Å². The maximum absolute atomic E-state index is 5.92. The second-order valence-electron chi connectivity index (χ2n) is 6.19. The van der Waals surface area contributed by atoms with Crippen LogP contribution in [-0.2, 0) is 0 Å². The fraction of sp³-hybridized carbons (Fsp3) is 0.800. The highest BCUT2D eigenvalue weighted by atomic mass is 32.1. The molecule has 0 aliphatic rings. The molecule has 1 aromatic rings. The lowest BCUT2D eigenvalue weighted by atomic mass is 10.1. The predicted molar refractivity (Wildman–Crippen MR) is 85.8 cm³/mol. The van der Waals surface area contributed by atoms with E-state index in [9.17, 15) is 0 Å². The van der Waals surface area contributed by atoms with E-state index in [1.165, 1.54) is 17.7 Å². The van der Waals surface area contributed by atoms with Crippen molar-refractivity contribution in [2.24, 2.45) is 17.6 Å². The zero-order chi connectivity index (χ0) is 14.4. The molecule has 0 spiro atoms. The van der Waals surface area contributed by atoms with E-state index in [-0.39, 0.29) is 6.04 Å². The van der Waals surface area contributed by atoms with Gasteiger partial charge in [0, 0.05) is 30.2 Å². The van der Waals surface area contributed by atoms with Crippen molar-refractivity contribution in [2.45, 2.75) is 53.5 Å². The molecule has 1 rings (SSSR count). The van der Waals surface area contributed by atoms with Crippen LogP contribution in [0, 0.1) is 11.8 Å². The van der Waals surface area contributed by atoms with Crippen molar-refractivity contribution < 1.29 is 0 Å². The van der Waals surface area contributed by atoms with Crippen LogP contribution in [0.15, 0.2) is 6.20 Å². The average Bonchev–Trinajstić information content (AvgIpc) is 2.77. The van der Waals surface area contributed by atoms with Crippen LogP contribution in [0.5, 0.6) is 0 Å². The lowest BCUT2D eigenvalue weighted by molar-refractivity contribution is 0.535. The third-order valence-electron chi connectivity index (χ3n) is 3.18. The summed E-state index contributed by atoms with van der Waals surface area (Å²) in [6, 6.07) is 0.0864. The second kappa shape index (κ2) is 7.85. The first-order chi connectivity index (χ1) is 8.90. The first kappa shape index (κ1) is 16.4. The first-order valence-electron chi connectivity index (χ1n) is 7.36. The number of nitrogens with zero attached hydrogens (tertiary/aromatic N) is 2. The predicted octanol–water partition coefficient (Wildman–Crippen LogP) is 4.06. The molecule has 19 heavy (non-hydrogen) atoms. The summed E-state index contributed by atoms with van der Waals surface area (Å²) in [5, 5.41) is 1.13. The summed E-state index contributed by atoms with van der Waals surface area (Å²) in [5.41, 5.74) is 5.92. The molecule has 0 fully saturated rings. The van der Waals surface area contributed by atoms with Gasteiger partial charge < -0.3 is 10.6 Å². The van der Waals surface area contributed by atoms with Gasteiger partial charge in [-0.15, -0.1) is 11.3 Å². The summed E-state index contributed by atoms with van der Waals surface area (Å²) in [7, 11) is 0. The Morgan fingerprint density at radius 2 is 1.63 bits per heavy atom. The fourth-order valence-corrected chi connectivity index (χ4v) is 2.68. The smallest absolute Gasteiger partial charge is 0.185 e. The van der Waals surface area contributed by atoms with Crippen LogP contribution in [0.2, 0.25) is 0 Å². The van der Waals surface area contributed by atoms with Crippen molar-refractivity contribution in [3.05, 3.63) is 11.1 Å². The van der Waals surface area contributed by atoms with Gasteiger partial charge in [0.05, 0.1) is 0 Å². The molecule has 3 nitrogen and oxygen atoms in total. The number of hydrogen-bond acceptors (Lipinski definition) is 4.